The molecular formula is C21H25NO2S2. The van der Waals surface area contributed by atoms with Gasteiger partial charge in [0, 0.05) is 17.2 Å². The van der Waals surface area contributed by atoms with Crippen LogP contribution in [0, 0.1) is 0 Å². The van der Waals surface area contributed by atoms with E-state index in [4.69, 9.17) is 4.74 Å². The average Bonchev–Trinajstić information content (AvgIpc) is 3.21. The summed E-state index contributed by atoms with van der Waals surface area (Å²) >= 11 is 3.97. The van der Waals surface area contributed by atoms with Gasteiger partial charge >= 0.3 is 0 Å². The van der Waals surface area contributed by atoms with Crippen LogP contribution in [0.25, 0.3) is 0 Å². The predicted octanol–water partition coefficient (Wildman–Crippen LogP) is 5.53. The Morgan fingerprint density at radius 3 is 2.42 bits per heavy atom. The SMILES string of the molecule is CCCCc1ccc(NC(=O)COc2ccc(C3SCCS3)cc2)cc1. The third-order valence-corrected chi connectivity index (χ3v) is 7.31. The van der Waals surface area contributed by atoms with Crippen LogP contribution in [0.3, 0.4) is 0 Å². The van der Waals surface area contributed by atoms with Crippen LogP contribution in [0.2, 0.25) is 0 Å². The number of aryl methyl sites for hydroxylation is 1. The van der Waals surface area contributed by atoms with Gasteiger partial charge in [0.05, 0.1) is 4.58 Å². The summed E-state index contributed by atoms with van der Waals surface area (Å²) in [7, 11) is 0. The number of unbranched alkanes of at least 4 members (excludes halogenated alkanes) is 1. The molecule has 2 aromatic rings. The normalized spacial score (nSPS) is 14.3. The number of anilines is 1. The lowest BCUT2D eigenvalue weighted by Gasteiger charge is -2.11. The third kappa shape index (κ3) is 5.71. The van der Waals surface area contributed by atoms with Crippen LogP contribution in [0.4, 0.5) is 5.69 Å². The second-order valence-electron chi connectivity index (χ2n) is 6.28. The van der Waals surface area contributed by atoms with Gasteiger partial charge in [-0.25, -0.2) is 0 Å². The molecule has 0 radical (unpaired) electrons. The zero-order chi connectivity index (χ0) is 18.2. The van der Waals surface area contributed by atoms with E-state index in [1.54, 1.807) is 0 Å². The summed E-state index contributed by atoms with van der Waals surface area (Å²) < 4.78 is 6.14. The molecule has 1 amide bonds. The van der Waals surface area contributed by atoms with Gasteiger partial charge in [-0.2, -0.15) is 0 Å². The van der Waals surface area contributed by atoms with Crippen LogP contribution in [-0.4, -0.2) is 24.0 Å². The van der Waals surface area contributed by atoms with E-state index in [-0.39, 0.29) is 12.5 Å². The summed E-state index contributed by atoms with van der Waals surface area (Å²) in [6.45, 7) is 2.21. The van der Waals surface area contributed by atoms with Crippen molar-refractivity contribution in [2.24, 2.45) is 0 Å². The highest BCUT2D eigenvalue weighted by molar-refractivity contribution is 8.19. The van der Waals surface area contributed by atoms with Gasteiger partial charge in [0.1, 0.15) is 5.75 Å². The fraction of sp³-hybridized carbons (Fsp3) is 0.381. The molecule has 0 atom stereocenters. The molecule has 0 spiro atoms. The first-order valence-electron chi connectivity index (χ1n) is 9.09. The third-order valence-electron chi connectivity index (χ3n) is 4.20. The minimum absolute atomic E-state index is 0.0177. The largest absolute Gasteiger partial charge is 0.484 e. The van der Waals surface area contributed by atoms with Crippen molar-refractivity contribution in [3.05, 3.63) is 59.7 Å². The number of carbonyl (C=O) groups is 1. The van der Waals surface area contributed by atoms with E-state index in [0.717, 1.165) is 17.9 Å². The number of nitrogens with one attached hydrogen (secondary N) is 1. The number of hydrogen-bond acceptors (Lipinski definition) is 4. The minimum Gasteiger partial charge on any atom is -0.484 e. The lowest BCUT2D eigenvalue weighted by Crippen LogP contribution is -2.20. The number of amides is 1. The molecule has 3 rings (SSSR count). The number of rotatable bonds is 8. The molecule has 1 fully saturated rings. The van der Waals surface area contributed by atoms with E-state index < -0.39 is 0 Å². The standard InChI is InChI=1S/C21H25NO2S2/c1-2-3-4-16-5-9-18(10-6-16)22-20(23)15-24-19-11-7-17(8-12-19)21-25-13-14-26-21/h5-12,21H,2-4,13-15H2,1H3,(H,22,23). The van der Waals surface area contributed by atoms with E-state index in [1.165, 1.54) is 35.5 Å². The van der Waals surface area contributed by atoms with Crippen LogP contribution >= 0.6 is 23.5 Å². The number of benzene rings is 2. The summed E-state index contributed by atoms with van der Waals surface area (Å²) in [4.78, 5) is 12.1. The fourth-order valence-electron chi connectivity index (χ4n) is 2.75. The van der Waals surface area contributed by atoms with Crippen LogP contribution in [0.1, 0.15) is 35.5 Å². The Bertz CT molecular complexity index is 695. The summed E-state index contributed by atoms with van der Waals surface area (Å²) in [5.74, 6) is 3.02. The molecule has 3 nitrogen and oxygen atoms in total. The molecule has 138 valence electrons. The van der Waals surface area contributed by atoms with Gasteiger partial charge in [0.25, 0.3) is 5.91 Å². The zero-order valence-electron chi connectivity index (χ0n) is 15.1. The molecule has 0 unspecified atom stereocenters. The number of hydrogen-bond donors (Lipinski definition) is 1. The lowest BCUT2D eigenvalue weighted by molar-refractivity contribution is -0.118. The second-order valence-corrected chi connectivity index (χ2v) is 9.00. The zero-order valence-corrected chi connectivity index (χ0v) is 16.7. The van der Waals surface area contributed by atoms with Crippen LogP contribution in [0.5, 0.6) is 5.75 Å². The number of carbonyl (C=O) groups excluding carboxylic acids is 1. The molecular weight excluding hydrogens is 362 g/mol. The van der Waals surface area contributed by atoms with Crippen LogP contribution < -0.4 is 10.1 Å². The lowest BCUT2D eigenvalue weighted by atomic mass is 10.1. The molecule has 0 aliphatic carbocycles. The molecule has 2 aromatic carbocycles. The van der Waals surface area contributed by atoms with Gasteiger partial charge in [-0.3, -0.25) is 4.79 Å². The quantitative estimate of drug-likeness (QED) is 0.647. The summed E-state index contributed by atoms with van der Waals surface area (Å²) in [6.07, 6.45) is 3.47. The number of ether oxygens (including phenoxy) is 1. The molecule has 1 heterocycles. The maximum Gasteiger partial charge on any atom is 0.262 e. The van der Waals surface area contributed by atoms with E-state index >= 15 is 0 Å². The Labute approximate surface area is 164 Å². The number of thioether (sulfide) groups is 2. The smallest absolute Gasteiger partial charge is 0.262 e. The molecule has 0 bridgehead atoms. The van der Waals surface area contributed by atoms with Gasteiger partial charge < -0.3 is 10.1 Å². The van der Waals surface area contributed by atoms with Gasteiger partial charge in [-0.05, 0) is 48.2 Å². The van der Waals surface area contributed by atoms with Crippen LogP contribution in [0.15, 0.2) is 48.5 Å². The maximum atomic E-state index is 12.1. The summed E-state index contributed by atoms with van der Waals surface area (Å²) in [6, 6.07) is 16.1. The van der Waals surface area contributed by atoms with Crippen molar-refractivity contribution in [3.63, 3.8) is 0 Å². The monoisotopic (exact) mass is 387 g/mol. The van der Waals surface area contributed by atoms with E-state index in [9.17, 15) is 4.79 Å². The summed E-state index contributed by atoms with van der Waals surface area (Å²) in [5, 5.41) is 2.88. The maximum absolute atomic E-state index is 12.1. The topological polar surface area (TPSA) is 38.3 Å². The van der Waals surface area contributed by atoms with Crippen molar-refractivity contribution < 1.29 is 9.53 Å². The second kappa shape index (κ2) is 9.93. The molecule has 5 heteroatoms. The van der Waals surface area contributed by atoms with Crippen LogP contribution in [-0.2, 0) is 11.2 Å². The van der Waals surface area contributed by atoms with E-state index in [0.29, 0.717) is 4.58 Å². The molecule has 26 heavy (non-hydrogen) atoms. The Hall–Kier alpha value is -1.59. The van der Waals surface area contributed by atoms with Crippen molar-refractivity contribution >= 4 is 35.1 Å². The van der Waals surface area contributed by atoms with Crippen molar-refractivity contribution in [2.45, 2.75) is 30.8 Å². The molecule has 1 saturated heterocycles. The Kier molecular flexibility index (Phi) is 7.32. The first kappa shape index (κ1) is 19.2. The highest BCUT2D eigenvalue weighted by Crippen LogP contribution is 2.45. The van der Waals surface area contributed by atoms with Gasteiger partial charge in [0.2, 0.25) is 0 Å². The van der Waals surface area contributed by atoms with E-state index in [2.05, 4.69) is 36.5 Å². The molecule has 1 N–H and O–H groups in total. The summed E-state index contributed by atoms with van der Waals surface area (Å²) in [5.41, 5.74) is 3.43. The van der Waals surface area contributed by atoms with Gasteiger partial charge in [-0.1, -0.05) is 37.6 Å². The van der Waals surface area contributed by atoms with Gasteiger partial charge in [0.15, 0.2) is 6.61 Å². The first-order chi connectivity index (χ1) is 12.7. The molecule has 0 saturated carbocycles. The van der Waals surface area contributed by atoms with Gasteiger partial charge in [-0.15, -0.1) is 23.5 Å². The Morgan fingerprint density at radius 2 is 1.77 bits per heavy atom. The Morgan fingerprint density at radius 1 is 1.08 bits per heavy atom. The van der Waals surface area contributed by atoms with Crippen molar-refractivity contribution in [2.75, 3.05) is 23.4 Å². The molecule has 1 aliphatic rings. The van der Waals surface area contributed by atoms with Crippen molar-refractivity contribution in [1.29, 1.82) is 0 Å². The van der Waals surface area contributed by atoms with E-state index in [1.807, 2.05) is 47.8 Å². The van der Waals surface area contributed by atoms with Crippen molar-refractivity contribution in [3.8, 4) is 5.75 Å². The first-order valence-corrected chi connectivity index (χ1v) is 11.2. The minimum atomic E-state index is -0.141. The highest BCUT2D eigenvalue weighted by atomic mass is 32.2. The van der Waals surface area contributed by atoms with Crippen molar-refractivity contribution in [1.82, 2.24) is 0 Å². The molecule has 0 aromatic heterocycles. The highest BCUT2D eigenvalue weighted by Gasteiger charge is 2.17. The average molecular weight is 388 g/mol. The molecule has 1 aliphatic heterocycles. The predicted molar refractivity (Wildman–Crippen MR) is 113 cm³/mol. The Balaban J connectivity index is 1.44. The fourth-order valence-corrected chi connectivity index (χ4v) is 5.61.